The van der Waals surface area contributed by atoms with Crippen molar-refractivity contribution < 1.29 is 9.13 Å². The van der Waals surface area contributed by atoms with Gasteiger partial charge in [0, 0.05) is 5.39 Å². The van der Waals surface area contributed by atoms with Crippen molar-refractivity contribution in [3.63, 3.8) is 0 Å². The lowest BCUT2D eigenvalue weighted by Crippen LogP contribution is -1.94. The van der Waals surface area contributed by atoms with Gasteiger partial charge in [0.15, 0.2) is 0 Å². The molecule has 0 fully saturated rings. The minimum atomic E-state index is -0.384. The van der Waals surface area contributed by atoms with Crippen molar-refractivity contribution in [2.45, 2.75) is 19.8 Å². The normalized spacial score (nSPS) is 10.8. The number of aryl methyl sites for hydroxylation is 1. The van der Waals surface area contributed by atoms with E-state index in [1.807, 2.05) is 6.07 Å². The molecule has 0 aliphatic rings. The van der Waals surface area contributed by atoms with E-state index in [-0.39, 0.29) is 11.3 Å². The van der Waals surface area contributed by atoms with Crippen LogP contribution >= 0.6 is 11.6 Å². The summed E-state index contributed by atoms with van der Waals surface area (Å²) in [4.78, 5) is 4.11. The number of methoxy groups -OCH3 is 1. The molecule has 1 aromatic heterocycles. The second kappa shape index (κ2) is 4.88. The molecule has 2 aromatic rings. The summed E-state index contributed by atoms with van der Waals surface area (Å²) < 4.78 is 18.8. The largest absolute Gasteiger partial charge is 0.496 e. The number of nitrogens with zero attached hydrogens (tertiary/aromatic N) is 1. The van der Waals surface area contributed by atoms with E-state index in [1.165, 1.54) is 6.07 Å². The van der Waals surface area contributed by atoms with E-state index in [1.54, 1.807) is 13.2 Å². The molecule has 0 bridgehead atoms. The average molecular weight is 254 g/mol. The van der Waals surface area contributed by atoms with E-state index in [4.69, 9.17) is 16.3 Å². The van der Waals surface area contributed by atoms with Crippen LogP contribution in [0.2, 0.25) is 5.15 Å². The number of halogens is 2. The summed E-state index contributed by atoms with van der Waals surface area (Å²) >= 11 is 6.03. The number of ether oxygens (including phenoxy) is 1. The number of hydrogen-bond donors (Lipinski definition) is 0. The molecule has 0 unspecified atom stereocenters. The zero-order chi connectivity index (χ0) is 12.4. The van der Waals surface area contributed by atoms with Crippen LogP contribution in [0.25, 0.3) is 10.9 Å². The van der Waals surface area contributed by atoms with Crippen LogP contribution in [-0.4, -0.2) is 12.1 Å². The summed E-state index contributed by atoms with van der Waals surface area (Å²) in [5, 5.41) is 1.03. The van der Waals surface area contributed by atoms with E-state index in [0.29, 0.717) is 16.3 Å². The van der Waals surface area contributed by atoms with Gasteiger partial charge in [-0.2, -0.15) is 0 Å². The lowest BCUT2D eigenvalue weighted by Gasteiger charge is -2.09. The van der Waals surface area contributed by atoms with Crippen molar-refractivity contribution in [3.05, 3.63) is 34.7 Å². The highest BCUT2D eigenvalue weighted by atomic mass is 35.5. The van der Waals surface area contributed by atoms with Gasteiger partial charge >= 0.3 is 0 Å². The minimum Gasteiger partial charge on any atom is -0.496 e. The average Bonchev–Trinajstić information content (AvgIpc) is 2.32. The summed E-state index contributed by atoms with van der Waals surface area (Å²) in [6.45, 7) is 2.06. The van der Waals surface area contributed by atoms with E-state index < -0.39 is 0 Å². The molecule has 0 aliphatic heterocycles. The van der Waals surface area contributed by atoms with E-state index in [9.17, 15) is 4.39 Å². The van der Waals surface area contributed by atoms with Gasteiger partial charge in [0.1, 0.15) is 22.2 Å². The molecule has 2 rings (SSSR count). The Hall–Kier alpha value is -1.35. The van der Waals surface area contributed by atoms with Gasteiger partial charge in [0.25, 0.3) is 0 Å². The lowest BCUT2D eigenvalue weighted by atomic mass is 10.1. The third-order valence-corrected chi connectivity index (χ3v) is 2.99. The highest BCUT2D eigenvalue weighted by Crippen LogP contribution is 2.30. The predicted octanol–water partition coefficient (Wildman–Crippen LogP) is 3.99. The Morgan fingerprint density at radius 1 is 1.41 bits per heavy atom. The van der Waals surface area contributed by atoms with Crippen LogP contribution in [0.15, 0.2) is 18.2 Å². The molecule has 1 heterocycles. The number of rotatable bonds is 3. The van der Waals surface area contributed by atoms with Gasteiger partial charge in [-0.1, -0.05) is 24.9 Å². The Kier molecular flexibility index (Phi) is 3.48. The Bertz CT molecular complexity index is 557. The number of benzene rings is 1. The van der Waals surface area contributed by atoms with Crippen LogP contribution in [0.4, 0.5) is 4.39 Å². The molecule has 0 amide bonds. The quantitative estimate of drug-likeness (QED) is 0.772. The maximum absolute atomic E-state index is 13.6. The van der Waals surface area contributed by atoms with E-state index in [0.717, 1.165) is 18.4 Å². The molecule has 0 N–H and O–H groups in total. The van der Waals surface area contributed by atoms with Gasteiger partial charge in [-0.25, -0.2) is 9.37 Å². The molecular formula is C13H13ClFNO. The molecule has 90 valence electrons. The highest BCUT2D eigenvalue weighted by molar-refractivity contribution is 6.30. The second-order valence-electron chi connectivity index (χ2n) is 3.83. The number of hydrogen-bond acceptors (Lipinski definition) is 2. The fourth-order valence-corrected chi connectivity index (χ4v) is 2.08. The van der Waals surface area contributed by atoms with Crippen LogP contribution in [0, 0.1) is 5.82 Å². The van der Waals surface area contributed by atoms with Gasteiger partial charge in [-0.15, -0.1) is 0 Å². The van der Waals surface area contributed by atoms with Crippen LogP contribution < -0.4 is 4.74 Å². The number of pyridine rings is 1. The molecule has 1 aromatic carbocycles. The van der Waals surface area contributed by atoms with Crippen LogP contribution in [-0.2, 0) is 6.42 Å². The molecule has 2 nitrogen and oxygen atoms in total. The molecular weight excluding hydrogens is 241 g/mol. The highest BCUT2D eigenvalue weighted by Gasteiger charge is 2.11. The summed E-state index contributed by atoms with van der Waals surface area (Å²) in [6, 6.07) is 4.79. The molecule has 4 heteroatoms. The third kappa shape index (κ3) is 2.20. The van der Waals surface area contributed by atoms with E-state index >= 15 is 0 Å². The first-order valence-corrected chi connectivity index (χ1v) is 5.86. The van der Waals surface area contributed by atoms with Gasteiger partial charge in [0.05, 0.1) is 7.11 Å². The van der Waals surface area contributed by atoms with E-state index in [2.05, 4.69) is 11.9 Å². The fraction of sp³-hybridized carbons (Fsp3) is 0.308. The minimum absolute atomic E-state index is 0.259. The maximum Gasteiger partial charge on any atom is 0.149 e. The molecule has 17 heavy (non-hydrogen) atoms. The number of fused-ring (bicyclic) bond motifs is 1. The SMILES string of the molecule is CCCc1cc2c(OC)ccc(F)c2nc1Cl. The van der Waals surface area contributed by atoms with Gasteiger partial charge in [-0.3, -0.25) is 0 Å². The van der Waals surface area contributed by atoms with Crippen molar-refractivity contribution in [3.8, 4) is 5.75 Å². The summed E-state index contributed by atoms with van der Waals surface area (Å²) in [5.41, 5.74) is 1.18. The molecule has 0 saturated heterocycles. The van der Waals surface area contributed by atoms with Crippen molar-refractivity contribution in [2.24, 2.45) is 0 Å². The van der Waals surface area contributed by atoms with Gasteiger partial charge in [-0.05, 0) is 30.2 Å². The number of aromatic nitrogens is 1. The molecule has 0 spiro atoms. The molecule has 0 atom stereocenters. The van der Waals surface area contributed by atoms with Crippen molar-refractivity contribution in [1.82, 2.24) is 4.98 Å². The van der Waals surface area contributed by atoms with Crippen molar-refractivity contribution in [2.75, 3.05) is 7.11 Å². The molecule has 0 saturated carbocycles. The summed E-state index contributed by atoms with van der Waals surface area (Å²) in [7, 11) is 1.56. The first-order chi connectivity index (χ1) is 8.17. The zero-order valence-corrected chi connectivity index (χ0v) is 10.5. The first kappa shape index (κ1) is 12.1. The van der Waals surface area contributed by atoms with Crippen LogP contribution in [0.1, 0.15) is 18.9 Å². The van der Waals surface area contributed by atoms with Gasteiger partial charge < -0.3 is 4.74 Å². The Morgan fingerprint density at radius 3 is 2.82 bits per heavy atom. The summed E-state index contributed by atoms with van der Waals surface area (Å²) in [5.74, 6) is 0.230. The predicted molar refractivity (Wildman–Crippen MR) is 67.3 cm³/mol. The second-order valence-corrected chi connectivity index (χ2v) is 4.19. The van der Waals surface area contributed by atoms with Crippen LogP contribution in [0.3, 0.4) is 0 Å². The monoisotopic (exact) mass is 253 g/mol. The smallest absolute Gasteiger partial charge is 0.149 e. The zero-order valence-electron chi connectivity index (χ0n) is 9.76. The molecule has 0 aliphatic carbocycles. The van der Waals surface area contributed by atoms with Gasteiger partial charge in [0.2, 0.25) is 0 Å². The molecule has 0 radical (unpaired) electrons. The van der Waals surface area contributed by atoms with Crippen molar-refractivity contribution in [1.29, 1.82) is 0 Å². The Balaban J connectivity index is 2.73. The summed E-state index contributed by atoms with van der Waals surface area (Å²) in [6.07, 6.45) is 1.78. The van der Waals surface area contributed by atoms with Crippen LogP contribution in [0.5, 0.6) is 5.75 Å². The first-order valence-electron chi connectivity index (χ1n) is 5.49. The third-order valence-electron chi connectivity index (χ3n) is 2.66. The Labute approximate surface area is 104 Å². The van der Waals surface area contributed by atoms with Crippen molar-refractivity contribution >= 4 is 22.5 Å². The topological polar surface area (TPSA) is 22.1 Å². The lowest BCUT2D eigenvalue weighted by molar-refractivity contribution is 0.419. The Morgan fingerprint density at radius 2 is 2.18 bits per heavy atom. The standard InChI is InChI=1S/C13H13ClFNO/c1-3-4-8-7-9-11(17-2)6-5-10(15)12(9)16-13(8)14/h5-7H,3-4H2,1-2H3. The fourth-order valence-electron chi connectivity index (χ4n) is 1.84. The maximum atomic E-state index is 13.6.